The highest BCUT2D eigenvalue weighted by molar-refractivity contribution is 7.90. The minimum Gasteiger partial charge on any atom is -0.496 e. The number of hydrogen-bond acceptors (Lipinski definition) is 6. The molecule has 0 spiro atoms. The molecule has 0 amide bonds. The van der Waals surface area contributed by atoms with Crippen molar-refractivity contribution >= 4 is 15.6 Å². The Kier molecular flexibility index (Phi) is 5.22. The smallest absolute Gasteiger partial charge is 0.223 e. The molecule has 0 N–H and O–H groups in total. The Morgan fingerprint density at radius 2 is 1.84 bits per heavy atom. The van der Waals surface area contributed by atoms with E-state index in [0.717, 1.165) is 6.26 Å². The Balaban J connectivity index is 2.72. The Hall–Kier alpha value is -2.35. The molecular formula is C17H22N2O5S. The van der Waals surface area contributed by atoms with E-state index < -0.39 is 9.84 Å². The largest absolute Gasteiger partial charge is 0.496 e. The quantitative estimate of drug-likeness (QED) is 0.728. The van der Waals surface area contributed by atoms with Crippen LogP contribution in [0.4, 0.5) is 0 Å². The fourth-order valence-electron chi connectivity index (χ4n) is 3.07. The zero-order chi connectivity index (χ0) is 18.9. The number of nitrogens with zero attached hydrogens (tertiary/aromatic N) is 2. The lowest BCUT2D eigenvalue weighted by molar-refractivity contribution is 0.103. The van der Waals surface area contributed by atoms with Crippen LogP contribution in [0.3, 0.4) is 0 Å². The predicted octanol–water partition coefficient (Wildman–Crippen LogP) is 2.17. The van der Waals surface area contributed by atoms with Crippen molar-refractivity contribution in [1.82, 2.24) is 9.78 Å². The van der Waals surface area contributed by atoms with Crippen molar-refractivity contribution in [3.8, 4) is 11.6 Å². The Morgan fingerprint density at radius 3 is 2.32 bits per heavy atom. The summed E-state index contributed by atoms with van der Waals surface area (Å²) in [7, 11) is -0.566. The van der Waals surface area contributed by atoms with Crippen molar-refractivity contribution in [3.05, 3.63) is 34.5 Å². The van der Waals surface area contributed by atoms with Gasteiger partial charge < -0.3 is 9.47 Å². The summed E-state index contributed by atoms with van der Waals surface area (Å²) in [6, 6.07) is 1.53. The van der Waals surface area contributed by atoms with Crippen LogP contribution in [0.15, 0.2) is 17.2 Å². The van der Waals surface area contributed by atoms with Gasteiger partial charge in [0.05, 0.1) is 30.9 Å². The monoisotopic (exact) mass is 366 g/mol. The minimum atomic E-state index is -3.45. The molecule has 0 atom stereocenters. The average Bonchev–Trinajstić information content (AvgIpc) is 2.95. The molecule has 1 heterocycles. The molecule has 8 heteroatoms. The molecule has 1 aromatic carbocycles. The third-order valence-electron chi connectivity index (χ3n) is 3.99. The van der Waals surface area contributed by atoms with Gasteiger partial charge in [-0.2, -0.15) is 5.10 Å². The van der Waals surface area contributed by atoms with E-state index in [1.807, 2.05) is 6.92 Å². The second-order valence-electron chi connectivity index (χ2n) is 5.71. The number of methoxy groups -OCH3 is 2. The summed E-state index contributed by atoms with van der Waals surface area (Å²) < 4.78 is 36.4. The zero-order valence-electron chi connectivity index (χ0n) is 15.2. The van der Waals surface area contributed by atoms with Crippen LogP contribution < -0.4 is 9.47 Å². The highest BCUT2D eigenvalue weighted by atomic mass is 32.2. The Bertz CT molecular complexity index is 929. The lowest BCUT2D eigenvalue weighted by atomic mass is 9.99. The van der Waals surface area contributed by atoms with Crippen molar-refractivity contribution in [2.24, 2.45) is 0 Å². The minimum absolute atomic E-state index is 0.178. The van der Waals surface area contributed by atoms with Crippen LogP contribution in [0, 0.1) is 13.8 Å². The average molecular weight is 366 g/mol. The van der Waals surface area contributed by atoms with Crippen molar-refractivity contribution in [2.45, 2.75) is 32.2 Å². The van der Waals surface area contributed by atoms with E-state index in [9.17, 15) is 13.2 Å². The van der Waals surface area contributed by atoms with Gasteiger partial charge in [0.2, 0.25) is 11.7 Å². The van der Waals surface area contributed by atoms with Gasteiger partial charge in [0.15, 0.2) is 9.84 Å². The standard InChI is InChI=1S/C17H22N2O5S/c1-7-19-17(24-5)13(9-18-19)14(20)12-8-10(2)16(25(6,21)22)11(3)15(12)23-4/h8-9H,7H2,1-6H3. The molecule has 2 aromatic rings. The van der Waals surface area contributed by atoms with Crippen LogP contribution in [0.1, 0.15) is 34.0 Å². The van der Waals surface area contributed by atoms with Crippen LogP contribution in [0.25, 0.3) is 0 Å². The van der Waals surface area contributed by atoms with E-state index in [1.54, 1.807) is 18.5 Å². The molecule has 0 fully saturated rings. The molecule has 7 nitrogen and oxygen atoms in total. The number of aromatic nitrogens is 2. The first-order chi connectivity index (χ1) is 11.7. The first-order valence-electron chi connectivity index (χ1n) is 7.70. The molecule has 2 rings (SSSR count). The molecule has 0 aliphatic rings. The summed E-state index contributed by atoms with van der Waals surface area (Å²) in [6.45, 7) is 5.73. The fraction of sp³-hybridized carbons (Fsp3) is 0.412. The van der Waals surface area contributed by atoms with Gasteiger partial charge in [0.25, 0.3) is 0 Å². The molecular weight excluding hydrogens is 344 g/mol. The van der Waals surface area contributed by atoms with E-state index >= 15 is 0 Å². The second kappa shape index (κ2) is 6.87. The summed E-state index contributed by atoms with van der Waals surface area (Å²) in [5.74, 6) is 0.263. The van der Waals surface area contributed by atoms with E-state index in [0.29, 0.717) is 29.1 Å². The maximum atomic E-state index is 13.0. The SMILES string of the molecule is CCn1ncc(C(=O)c2cc(C)c(S(C)(=O)=O)c(C)c2OC)c1OC. The lowest BCUT2D eigenvalue weighted by Crippen LogP contribution is -2.11. The third kappa shape index (κ3) is 3.26. The molecule has 0 bridgehead atoms. The summed E-state index contributed by atoms with van der Waals surface area (Å²) >= 11 is 0. The molecule has 0 saturated carbocycles. The molecule has 0 aliphatic heterocycles. The van der Waals surface area contributed by atoms with Crippen LogP contribution in [-0.2, 0) is 16.4 Å². The number of aryl methyl sites for hydroxylation is 2. The van der Waals surface area contributed by atoms with E-state index in [2.05, 4.69) is 5.10 Å². The topological polar surface area (TPSA) is 87.5 Å². The molecule has 0 saturated heterocycles. The van der Waals surface area contributed by atoms with Gasteiger partial charge in [-0.05, 0) is 32.4 Å². The van der Waals surface area contributed by atoms with Crippen molar-refractivity contribution in [2.75, 3.05) is 20.5 Å². The summed E-state index contributed by atoms with van der Waals surface area (Å²) in [4.78, 5) is 13.2. The van der Waals surface area contributed by atoms with Crippen LogP contribution in [0.2, 0.25) is 0 Å². The van der Waals surface area contributed by atoms with Gasteiger partial charge in [-0.25, -0.2) is 13.1 Å². The number of sulfone groups is 1. The van der Waals surface area contributed by atoms with E-state index in [-0.39, 0.29) is 22.0 Å². The fourth-order valence-corrected chi connectivity index (χ4v) is 4.36. The van der Waals surface area contributed by atoms with Crippen molar-refractivity contribution < 1.29 is 22.7 Å². The number of ether oxygens (including phenoxy) is 2. The number of benzene rings is 1. The molecule has 0 unspecified atom stereocenters. The van der Waals surface area contributed by atoms with E-state index in [1.165, 1.54) is 26.5 Å². The molecule has 25 heavy (non-hydrogen) atoms. The second-order valence-corrected chi connectivity index (χ2v) is 7.67. The van der Waals surface area contributed by atoms with Gasteiger partial charge in [-0.1, -0.05) is 0 Å². The number of ketones is 1. The maximum absolute atomic E-state index is 13.0. The summed E-state index contributed by atoms with van der Waals surface area (Å²) in [5.41, 5.74) is 1.48. The predicted molar refractivity (Wildman–Crippen MR) is 93.5 cm³/mol. The van der Waals surface area contributed by atoms with Crippen LogP contribution in [-0.4, -0.2) is 44.5 Å². The van der Waals surface area contributed by atoms with Crippen LogP contribution in [0.5, 0.6) is 11.6 Å². The number of carbonyl (C=O) groups excluding carboxylic acids is 1. The van der Waals surface area contributed by atoms with Gasteiger partial charge in [0.1, 0.15) is 11.3 Å². The molecule has 0 radical (unpaired) electrons. The highest BCUT2D eigenvalue weighted by Gasteiger charge is 2.27. The number of carbonyl (C=O) groups is 1. The normalized spacial score (nSPS) is 11.4. The Morgan fingerprint density at radius 1 is 1.20 bits per heavy atom. The van der Waals surface area contributed by atoms with Crippen molar-refractivity contribution in [3.63, 3.8) is 0 Å². The third-order valence-corrected chi connectivity index (χ3v) is 5.36. The number of rotatable bonds is 6. The van der Waals surface area contributed by atoms with Gasteiger partial charge in [-0.15, -0.1) is 0 Å². The van der Waals surface area contributed by atoms with E-state index in [4.69, 9.17) is 9.47 Å². The zero-order valence-corrected chi connectivity index (χ0v) is 16.0. The van der Waals surface area contributed by atoms with Gasteiger partial charge in [-0.3, -0.25) is 4.79 Å². The van der Waals surface area contributed by atoms with Gasteiger partial charge in [0, 0.05) is 18.4 Å². The molecule has 1 aromatic heterocycles. The van der Waals surface area contributed by atoms with Crippen molar-refractivity contribution in [1.29, 1.82) is 0 Å². The lowest BCUT2D eigenvalue weighted by Gasteiger charge is -2.16. The van der Waals surface area contributed by atoms with Crippen LogP contribution >= 0.6 is 0 Å². The summed E-state index contributed by atoms with van der Waals surface area (Å²) in [5, 5.41) is 4.14. The molecule has 0 aliphatic carbocycles. The first-order valence-corrected chi connectivity index (χ1v) is 9.59. The Labute approximate surface area is 147 Å². The number of hydrogen-bond donors (Lipinski definition) is 0. The van der Waals surface area contributed by atoms with Gasteiger partial charge >= 0.3 is 0 Å². The highest BCUT2D eigenvalue weighted by Crippen LogP contribution is 2.35. The first kappa shape index (κ1) is 19.0. The molecule has 136 valence electrons. The maximum Gasteiger partial charge on any atom is 0.223 e. The summed E-state index contributed by atoms with van der Waals surface area (Å²) in [6.07, 6.45) is 2.58.